The standard InChI is InChI=1S/C60H38N2S/c1-4-20-48-39(13-1)16-11-25-54(48)61(55-26-12-17-40-14-2-5-21-49(40)55)44-31-27-42(28-32-44)46-18-7-8-19-47(46)43-29-34-52-51-23-9-10-24-56(51)62(57(52)37-43)45-33-36-58-53(38-45)60-50-22-6-3-15-41(50)30-35-59(60)63-58/h1-38H. The third kappa shape index (κ3) is 5.71. The van der Waals surface area contributed by atoms with E-state index in [1.165, 1.54) is 102 Å². The topological polar surface area (TPSA) is 8.17 Å². The van der Waals surface area contributed by atoms with Gasteiger partial charge in [-0.15, -0.1) is 11.3 Å². The number of thiophene rings is 1. The van der Waals surface area contributed by atoms with Crippen LogP contribution in [-0.2, 0) is 0 Å². The molecule has 13 aromatic rings. The summed E-state index contributed by atoms with van der Waals surface area (Å²) in [5.74, 6) is 0. The van der Waals surface area contributed by atoms with Crippen LogP contribution in [0.1, 0.15) is 0 Å². The molecule has 3 heteroatoms. The van der Waals surface area contributed by atoms with Crippen molar-refractivity contribution in [1.29, 1.82) is 0 Å². The smallest absolute Gasteiger partial charge is 0.0547 e. The summed E-state index contributed by atoms with van der Waals surface area (Å²) in [6.45, 7) is 0. The number of para-hydroxylation sites is 1. The highest BCUT2D eigenvalue weighted by atomic mass is 32.1. The Kier molecular flexibility index (Phi) is 8.12. The van der Waals surface area contributed by atoms with Gasteiger partial charge in [0.05, 0.1) is 22.4 Å². The molecule has 0 aliphatic carbocycles. The molecule has 0 unspecified atom stereocenters. The van der Waals surface area contributed by atoms with Gasteiger partial charge in [0, 0.05) is 53.1 Å². The Balaban J connectivity index is 0.951. The molecule has 0 aliphatic rings. The van der Waals surface area contributed by atoms with Crippen molar-refractivity contribution in [2.75, 3.05) is 4.90 Å². The summed E-state index contributed by atoms with van der Waals surface area (Å²) in [6, 6.07) is 84.7. The van der Waals surface area contributed by atoms with Gasteiger partial charge in [0.15, 0.2) is 0 Å². The van der Waals surface area contributed by atoms with Gasteiger partial charge in [-0.05, 0) is 104 Å². The Hall–Kier alpha value is -7.98. The molecule has 0 N–H and O–H groups in total. The van der Waals surface area contributed by atoms with Crippen LogP contribution < -0.4 is 4.90 Å². The molecule has 0 spiro atoms. The van der Waals surface area contributed by atoms with Gasteiger partial charge in [-0.2, -0.15) is 0 Å². The Bertz CT molecular complexity index is 3840. The largest absolute Gasteiger partial charge is 0.309 e. The summed E-state index contributed by atoms with van der Waals surface area (Å²) >= 11 is 1.88. The van der Waals surface area contributed by atoms with E-state index in [1.54, 1.807) is 0 Å². The predicted octanol–water partition coefficient (Wildman–Crippen LogP) is 17.4. The number of anilines is 3. The van der Waals surface area contributed by atoms with Crippen molar-refractivity contribution in [2.24, 2.45) is 0 Å². The van der Waals surface area contributed by atoms with Gasteiger partial charge < -0.3 is 9.47 Å². The molecule has 2 heterocycles. The number of nitrogens with zero attached hydrogens (tertiary/aromatic N) is 2. The number of aromatic nitrogens is 1. The minimum absolute atomic E-state index is 1.11. The van der Waals surface area contributed by atoms with Gasteiger partial charge in [0.25, 0.3) is 0 Å². The summed E-state index contributed by atoms with van der Waals surface area (Å²) in [5.41, 5.74) is 11.8. The lowest BCUT2D eigenvalue weighted by atomic mass is 9.93. The molecule has 2 aromatic heterocycles. The van der Waals surface area contributed by atoms with Gasteiger partial charge >= 0.3 is 0 Å². The zero-order valence-electron chi connectivity index (χ0n) is 34.2. The Labute approximate surface area is 368 Å². The first kappa shape index (κ1) is 35.7. The van der Waals surface area contributed by atoms with Crippen molar-refractivity contribution >= 4 is 103 Å². The van der Waals surface area contributed by atoms with E-state index in [2.05, 4.69) is 240 Å². The van der Waals surface area contributed by atoms with Crippen LogP contribution in [0.15, 0.2) is 231 Å². The van der Waals surface area contributed by atoms with Crippen LogP contribution >= 0.6 is 11.3 Å². The van der Waals surface area contributed by atoms with Crippen molar-refractivity contribution in [3.8, 4) is 27.9 Å². The van der Waals surface area contributed by atoms with E-state index in [0.29, 0.717) is 0 Å². The molecule has 0 aliphatic heterocycles. The number of hydrogen-bond acceptors (Lipinski definition) is 2. The number of benzene rings is 11. The Morgan fingerprint density at radius 3 is 1.59 bits per heavy atom. The molecular weight excluding hydrogens is 781 g/mol. The summed E-state index contributed by atoms with van der Waals surface area (Å²) in [4.78, 5) is 2.42. The molecule has 63 heavy (non-hydrogen) atoms. The van der Waals surface area contributed by atoms with Crippen molar-refractivity contribution < 1.29 is 0 Å². The Morgan fingerprint density at radius 1 is 0.333 bits per heavy atom. The van der Waals surface area contributed by atoms with Crippen LogP contribution in [-0.4, -0.2) is 4.57 Å². The van der Waals surface area contributed by atoms with Crippen molar-refractivity contribution in [2.45, 2.75) is 0 Å². The van der Waals surface area contributed by atoms with Gasteiger partial charge in [-0.3, -0.25) is 0 Å². The monoisotopic (exact) mass is 818 g/mol. The molecule has 0 fully saturated rings. The van der Waals surface area contributed by atoms with E-state index in [-0.39, 0.29) is 0 Å². The first-order valence-corrected chi connectivity index (χ1v) is 22.4. The van der Waals surface area contributed by atoms with Gasteiger partial charge in [-0.25, -0.2) is 0 Å². The molecule has 11 aromatic carbocycles. The maximum atomic E-state index is 2.47. The minimum atomic E-state index is 1.11. The van der Waals surface area contributed by atoms with Gasteiger partial charge in [-0.1, -0.05) is 170 Å². The number of hydrogen-bond donors (Lipinski definition) is 0. The average molecular weight is 819 g/mol. The molecule has 0 atom stereocenters. The summed E-state index contributed by atoms with van der Waals surface area (Å²) in [5, 5.41) is 12.6. The molecule has 294 valence electrons. The zero-order chi connectivity index (χ0) is 41.4. The quantitative estimate of drug-likeness (QED) is 0.162. The molecule has 2 nitrogen and oxygen atoms in total. The molecule has 0 radical (unpaired) electrons. The Morgan fingerprint density at radius 2 is 0.873 bits per heavy atom. The van der Waals surface area contributed by atoms with Crippen LogP contribution in [0.25, 0.3) is 102 Å². The maximum absolute atomic E-state index is 2.47. The van der Waals surface area contributed by atoms with Crippen LogP contribution in [0.4, 0.5) is 17.1 Å². The summed E-state index contributed by atoms with van der Waals surface area (Å²) in [7, 11) is 0. The molecule has 0 bridgehead atoms. The fourth-order valence-electron chi connectivity index (χ4n) is 10.1. The lowest BCUT2D eigenvalue weighted by Gasteiger charge is -2.28. The SMILES string of the molecule is c1ccc(-c2ccc3c4ccccc4n(-c4ccc5sc6ccc7ccccc7c6c5c4)c3c2)c(-c2ccc(N(c3cccc4ccccc34)c3cccc4ccccc34)cc2)c1. The lowest BCUT2D eigenvalue weighted by Crippen LogP contribution is -2.11. The summed E-state index contributed by atoms with van der Waals surface area (Å²) < 4.78 is 5.10. The van der Waals surface area contributed by atoms with Crippen molar-refractivity contribution in [3.63, 3.8) is 0 Å². The highest BCUT2D eigenvalue weighted by Gasteiger charge is 2.20. The second-order valence-corrected chi connectivity index (χ2v) is 17.5. The van der Waals surface area contributed by atoms with Gasteiger partial charge in [0.2, 0.25) is 0 Å². The fraction of sp³-hybridized carbons (Fsp3) is 0. The molecule has 0 saturated heterocycles. The fourth-order valence-corrected chi connectivity index (χ4v) is 11.2. The van der Waals surface area contributed by atoms with E-state index < -0.39 is 0 Å². The molecule has 13 rings (SSSR count). The van der Waals surface area contributed by atoms with Crippen molar-refractivity contribution in [3.05, 3.63) is 231 Å². The lowest BCUT2D eigenvalue weighted by molar-refractivity contribution is 1.19. The minimum Gasteiger partial charge on any atom is -0.309 e. The molecular formula is C60H38N2S. The third-order valence-corrected chi connectivity index (χ3v) is 14.1. The van der Waals surface area contributed by atoms with Crippen LogP contribution in [0, 0.1) is 0 Å². The second-order valence-electron chi connectivity index (χ2n) is 16.5. The first-order chi connectivity index (χ1) is 31.2. The van der Waals surface area contributed by atoms with Crippen LogP contribution in [0.2, 0.25) is 0 Å². The van der Waals surface area contributed by atoms with E-state index in [9.17, 15) is 0 Å². The predicted molar refractivity (Wildman–Crippen MR) is 272 cm³/mol. The van der Waals surface area contributed by atoms with Gasteiger partial charge in [0.1, 0.15) is 0 Å². The van der Waals surface area contributed by atoms with Crippen molar-refractivity contribution in [1.82, 2.24) is 4.57 Å². The summed E-state index contributed by atoms with van der Waals surface area (Å²) in [6.07, 6.45) is 0. The van der Waals surface area contributed by atoms with E-state index >= 15 is 0 Å². The van der Waals surface area contributed by atoms with E-state index in [1.807, 2.05) is 11.3 Å². The maximum Gasteiger partial charge on any atom is 0.0547 e. The second kappa shape index (κ2) is 14.3. The number of fused-ring (bicyclic) bond motifs is 10. The normalized spacial score (nSPS) is 11.8. The number of rotatable bonds is 6. The highest BCUT2D eigenvalue weighted by Crippen LogP contribution is 2.45. The molecule has 0 amide bonds. The first-order valence-electron chi connectivity index (χ1n) is 21.6. The van der Waals surface area contributed by atoms with Crippen LogP contribution in [0.3, 0.4) is 0 Å². The van der Waals surface area contributed by atoms with E-state index in [0.717, 1.165) is 17.1 Å². The zero-order valence-corrected chi connectivity index (χ0v) is 35.1. The van der Waals surface area contributed by atoms with Crippen LogP contribution in [0.5, 0.6) is 0 Å². The average Bonchev–Trinajstić information content (AvgIpc) is 3.90. The molecule has 0 saturated carbocycles. The third-order valence-electron chi connectivity index (χ3n) is 13.0. The highest BCUT2D eigenvalue weighted by molar-refractivity contribution is 7.26. The van der Waals surface area contributed by atoms with E-state index in [4.69, 9.17) is 0 Å².